The molecule has 0 unspecified atom stereocenters. The van der Waals surface area contributed by atoms with Crippen molar-refractivity contribution in [2.75, 3.05) is 0 Å². The van der Waals surface area contributed by atoms with E-state index in [9.17, 15) is 0 Å². The molecule has 1 heterocycles. The molecule has 0 bridgehead atoms. The van der Waals surface area contributed by atoms with Crippen LogP contribution < -0.4 is 0 Å². The van der Waals surface area contributed by atoms with Gasteiger partial charge in [0.05, 0.1) is 6.54 Å². The Morgan fingerprint density at radius 1 is 0.706 bits per heavy atom. The number of fused-ring (bicyclic) bond motifs is 6. The Balaban J connectivity index is 2.37. The van der Waals surface area contributed by atoms with Crippen LogP contribution in [0.2, 0.25) is 0 Å². The first-order valence-corrected chi connectivity index (χ1v) is 5.87. The van der Waals surface area contributed by atoms with E-state index in [4.69, 9.17) is 0 Å². The number of hydrogen-bond acceptors (Lipinski definition) is 1. The molecule has 1 aliphatic rings. The predicted octanol–water partition coefficient (Wildman–Crippen LogP) is 3.93. The van der Waals surface area contributed by atoms with E-state index in [1.807, 2.05) is 6.21 Å². The molecule has 3 aromatic carbocycles. The van der Waals surface area contributed by atoms with Crippen LogP contribution in [0.15, 0.2) is 53.5 Å². The fraction of sp³-hybridized carbons (Fsp3) is 0.0625. The van der Waals surface area contributed by atoms with E-state index in [1.54, 1.807) is 0 Å². The highest BCUT2D eigenvalue weighted by Crippen LogP contribution is 2.34. The molecule has 0 fully saturated rings. The second-order valence-corrected chi connectivity index (χ2v) is 4.45. The molecule has 0 spiro atoms. The van der Waals surface area contributed by atoms with Crippen LogP contribution in [-0.4, -0.2) is 6.21 Å². The maximum atomic E-state index is 4.43. The van der Waals surface area contributed by atoms with Crippen molar-refractivity contribution in [3.8, 4) is 0 Å². The summed E-state index contributed by atoms with van der Waals surface area (Å²) in [6.45, 7) is 0.820. The van der Waals surface area contributed by atoms with Crippen molar-refractivity contribution in [3.05, 3.63) is 59.7 Å². The van der Waals surface area contributed by atoms with Crippen molar-refractivity contribution in [2.45, 2.75) is 6.54 Å². The third kappa shape index (κ3) is 1.11. The predicted molar refractivity (Wildman–Crippen MR) is 72.8 cm³/mol. The molecule has 80 valence electrons. The fourth-order valence-corrected chi connectivity index (χ4v) is 2.79. The molecular formula is C16H11N. The molecule has 1 aliphatic heterocycles. The minimum atomic E-state index is 0.820. The summed E-state index contributed by atoms with van der Waals surface area (Å²) in [5.74, 6) is 0. The van der Waals surface area contributed by atoms with Gasteiger partial charge in [0.15, 0.2) is 0 Å². The van der Waals surface area contributed by atoms with Crippen molar-refractivity contribution in [1.29, 1.82) is 0 Å². The van der Waals surface area contributed by atoms with E-state index < -0.39 is 0 Å². The Bertz CT molecular complexity index is 769. The molecule has 0 saturated heterocycles. The minimum Gasteiger partial charge on any atom is -0.288 e. The molecule has 4 rings (SSSR count). The summed E-state index contributed by atoms with van der Waals surface area (Å²) in [4.78, 5) is 4.43. The Morgan fingerprint density at radius 3 is 2.06 bits per heavy atom. The second kappa shape index (κ2) is 3.17. The monoisotopic (exact) mass is 217 g/mol. The number of aliphatic imine (C=N–C) groups is 1. The molecule has 0 radical (unpaired) electrons. The van der Waals surface area contributed by atoms with Crippen molar-refractivity contribution in [2.24, 2.45) is 4.99 Å². The summed E-state index contributed by atoms with van der Waals surface area (Å²) in [7, 11) is 0. The number of nitrogens with zero attached hydrogens (tertiary/aromatic N) is 1. The molecule has 17 heavy (non-hydrogen) atoms. The molecule has 0 aliphatic carbocycles. The first-order valence-electron chi connectivity index (χ1n) is 5.87. The lowest BCUT2D eigenvalue weighted by molar-refractivity contribution is 1.13. The molecule has 0 N–H and O–H groups in total. The second-order valence-electron chi connectivity index (χ2n) is 4.45. The summed E-state index contributed by atoms with van der Waals surface area (Å²) in [6.07, 6.45) is 2.02. The van der Waals surface area contributed by atoms with Gasteiger partial charge in [0.2, 0.25) is 0 Å². The Labute approximate surface area is 99.4 Å². The maximum absolute atomic E-state index is 4.43. The lowest BCUT2D eigenvalue weighted by Gasteiger charge is -2.09. The van der Waals surface area contributed by atoms with Gasteiger partial charge >= 0.3 is 0 Å². The van der Waals surface area contributed by atoms with E-state index in [0.717, 1.165) is 6.54 Å². The molecule has 0 saturated carbocycles. The quantitative estimate of drug-likeness (QED) is 0.506. The van der Waals surface area contributed by atoms with E-state index in [0.29, 0.717) is 0 Å². The van der Waals surface area contributed by atoms with Crippen molar-refractivity contribution < 1.29 is 0 Å². The van der Waals surface area contributed by atoms with Gasteiger partial charge in [0, 0.05) is 11.8 Å². The fourth-order valence-electron chi connectivity index (χ4n) is 2.79. The van der Waals surface area contributed by atoms with Crippen LogP contribution in [0, 0.1) is 0 Å². The van der Waals surface area contributed by atoms with Gasteiger partial charge in [-0.1, -0.05) is 48.5 Å². The Morgan fingerprint density at radius 2 is 1.29 bits per heavy atom. The third-order valence-electron chi connectivity index (χ3n) is 3.55. The summed E-state index contributed by atoms with van der Waals surface area (Å²) in [5.41, 5.74) is 2.68. The summed E-state index contributed by atoms with van der Waals surface area (Å²) in [6, 6.07) is 17.2. The van der Waals surface area contributed by atoms with E-state index in [-0.39, 0.29) is 0 Å². The first kappa shape index (κ1) is 8.94. The number of hydrogen-bond donors (Lipinski definition) is 0. The average molecular weight is 217 g/mol. The summed E-state index contributed by atoms with van der Waals surface area (Å²) >= 11 is 0. The van der Waals surface area contributed by atoms with Crippen LogP contribution in [0.3, 0.4) is 0 Å². The Hall–Kier alpha value is -2.15. The summed E-state index contributed by atoms with van der Waals surface area (Å²) < 4.78 is 0. The maximum Gasteiger partial charge on any atom is 0.0652 e. The van der Waals surface area contributed by atoms with Crippen molar-refractivity contribution in [3.63, 3.8) is 0 Å². The van der Waals surface area contributed by atoms with Gasteiger partial charge < -0.3 is 0 Å². The van der Waals surface area contributed by atoms with Gasteiger partial charge in [-0.05, 0) is 27.1 Å². The average Bonchev–Trinajstić information content (AvgIpc) is 2.89. The lowest BCUT2D eigenvalue weighted by atomic mass is 9.93. The highest BCUT2D eigenvalue weighted by Gasteiger charge is 2.14. The van der Waals surface area contributed by atoms with Crippen LogP contribution in [-0.2, 0) is 6.54 Å². The molecule has 1 heteroatoms. The normalized spacial score (nSPS) is 13.4. The van der Waals surface area contributed by atoms with Crippen molar-refractivity contribution >= 4 is 27.8 Å². The summed E-state index contributed by atoms with van der Waals surface area (Å²) in [5, 5.41) is 5.34. The largest absolute Gasteiger partial charge is 0.288 e. The van der Waals surface area contributed by atoms with Crippen molar-refractivity contribution in [1.82, 2.24) is 0 Å². The third-order valence-corrected chi connectivity index (χ3v) is 3.55. The van der Waals surface area contributed by atoms with Crippen LogP contribution in [0.1, 0.15) is 11.1 Å². The topological polar surface area (TPSA) is 12.4 Å². The highest BCUT2D eigenvalue weighted by molar-refractivity contribution is 6.16. The smallest absolute Gasteiger partial charge is 0.0652 e. The SMILES string of the molecule is C1=NCc2c1c1ccccc1c1ccccc21. The van der Waals surface area contributed by atoms with E-state index in [1.165, 1.54) is 32.7 Å². The number of benzene rings is 3. The van der Waals surface area contributed by atoms with Gasteiger partial charge in [0.1, 0.15) is 0 Å². The molecular weight excluding hydrogens is 206 g/mol. The highest BCUT2D eigenvalue weighted by atomic mass is 14.7. The lowest BCUT2D eigenvalue weighted by Crippen LogP contribution is -1.90. The first-order chi connectivity index (χ1) is 8.45. The van der Waals surface area contributed by atoms with Gasteiger partial charge in [0.25, 0.3) is 0 Å². The molecule has 0 amide bonds. The van der Waals surface area contributed by atoms with E-state index in [2.05, 4.69) is 53.5 Å². The number of rotatable bonds is 0. The minimum absolute atomic E-state index is 0.820. The van der Waals surface area contributed by atoms with E-state index >= 15 is 0 Å². The van der Waals surface area contributed by atoms with Gasteiger partial charge in [-0.2, -0.15) is 0 Å². The van der Waals surface area contributed by atoms with Crippen LogP contribution in [0.5, 0.6) is 0 Å². The molecule has 0 aromatic heterocycles. The zero-order valence-corrected chi connectivity index (χ0v) is 9.35. The molecule has 0 atom stereocenters. The van der Waals surface area contributed by atoms with Gasteiger partial charge in [-0.15, -0.1) is 0 Å². The molecule has 1 nitrogen and oxygen atoms in total. The Kier molecular flexibility index (Phi) is 1.67. The van der Waals surface area contributed by atoms with Gasteiger partial charge in [-0.25, -0.2) is 0 Å². The van der Waals surface area contributed by atoms with Crippen LogP contribution in [0.4, 0.5) is 0 Å². The van der Waals surface area contributed by atoms with Gasteiger partial charge in [-0.3, -0.25) is 4.99 Å². The van der Waals surface area contributed by atoms with Crippen LogP contribution >= 0.6 is 0 Å². The standard InChI is InChI=1S/C16H11N/c1-3-7-13-11(5-1)12-6-2-4-8-14(12)16-10-17-9-15(13)16/h1-9H,10H2. The zero-order chi connectivity index (χ0) is 11.2. The van der Waals surface area contributed by atoms with Crippen LogP contribution in [0.25, 0.3) is 21.5 Å². The molecule has 3 aromatic rings. The zero-order valence-electron chi connectivity index (χ0n) is 9.35.